The van der Waals surface area contributed by atoms with E-state index in [-0.39, 0.29) is 10.6 Å². The molecule has 0 aliphatic heterocycles. The first-order valence-corrected chi connectivity index (χ1v) is 8.22. The number of anilines is 1. The molecule has 108 valence electrons. The van der Waals surface area contributed by atoms with Gasteiger partial charge in [0, 0.05) is 13.1 Å². The Hall–Kier alpha value is -1.58. The molecule has 1 aromatic carbocycles. The van der Waals surface area contributed by atoms with E-state index in [1.54, 1.807) is 0 Å². The highest BCUT2D eigenvalue weighted by Gasteiger charge is 2.29. The van der Waals surface area contributed by atoms with Crippen LogP contribution < -0.4 is 5.73 Å². The molecule has 20 heavy (non-hydrogen) atoms. The molecule has 6 heteroatoms. The van der Waals surface area contributed by atoms with Gasteiger partial charge in [-0.05, 0) is 37.0 Å². The lowest BCUT2D eigenvalue weighted by Crippen LogP contribution is -2.37. The van der Waals surface area contributed by atoms with E-state index >= 15 is 0 Å². The maximum atomic E-state index is 12.6. The minimum Gasteiger partial charge on any atom is -0.398 e. The number of nitrogens with two attached hydrogens (primary N) is 1. The van der Waals surface area contributed by atoms with Crippen molar-refractivity contribution in [2.45, 2.75) is 31.1 Å². The lowest BCUT2D eigenvalue weighted by molar-refractivity contribution is 0.250. The van der Waals surface area contributed by atoms with Gasteiger partial charge in [0.1, 0.15) is 4.90 Å². The molecule has 0 saturated heterocycles. The summed E-state index contributed by atoms with van der Waals surface area (Å²) in [6.07, 6.45) is 3.37. The summed E-state index contributed by atoms with van der Waals surface area (Å²) in [5.41, 5.74) is 6.30. The third-order valence-electron chi connectivity index (χ3n) is 3.80. The molecule has 0 aromatic heterocycles. The number of hydrogen-bond donors (Lipinski definition) is 1. The molecule has 1 aromatic rings. The highest BCUT2D eigenvalue weighted by atomic mass is 32.2. The number of nitrogens with zero attached hydrogens (tertiary/aromatic N) is 2. The van der Waals surface area contributed by atoms with Crippen molar-refractivity contribution in [2.24, 2.45) is 5.92 Å². The summed E-state index contributed by atoms with van der Waals surface area (Å²) in [5, 5.41) is 8.80. The normalized spacial score (nSPS) is 15.8. The number of sulfonamides is 1. The van der Waals surface area contributed by atoms with Gasteiger partial charge in [0.2, 0.25) is 10.0 Å². The van der Waals surface area contributed by atoms with Gasteiger partial charge in [-0.2, -0.15) is 9.57 Å². The predicted molar refractivity (Wildman–Crippen MR) is 77.3 cm³/mol. The minimum atomic E-state index is -3.58. The van der Waals surface area contributed by atoms with Gasteiger partial charge in [0.05, 0.1) is 17.3 Å². The number of benzene rings is 1. The van der Waals surface area contributed by atoms with Crippen LogP contribution in [0.25, 0.3) is 0 Å². The second-order valence-corrected chi connectivity index (χ2v) is 7.02. The zero-order valence-electron chi connectivity index (χ0n) is 11.5. The van der Waals surface area contributed by atoms with Crippen molar-refractivity contribution in [3.63, 3.8) is 0 Å². The van der Waals surface area contributed by atoms with E-state index < -0.39 is 10.0 Å². The first-order valence-electron chi connectivity index (χ1n) is 6.78. The van der Waals surface area contributed by atoms with E-state index in [0.717, 1.165) is 12.8 Å². The third-order valence-corrected chi connectivity index (χ3v) is 5.81. The van der Waals surface area contributed by atoms with Gasteiger partial charge >= 0.3 is 0 Å². The molecule has 2 N–H and O–H groups in total. The maximum Gasteiger partial charge on any atom is 0.245 e. The van der Waals surface area contributed by atoms with Gasteiger partial charge in [-0.1, -0.05) is 13.3 Å². The fourth-order valence-corrected chi connectivity index (χ4v) is 3.97. The highest BCUT2D eigenvalue weighted by molar-refractivity contribution is 7.89. The molecular weight excluding hydrogens is 274 g/mol. The van der Waals surface area contributed by atoms with Crippen LogP contribution >= 0.6 is 0 Å². The Kier molecular flexibility index (Phi) is 4.31. The van der Waals surface area contributed by atoms with Crippen LogP contribution in [0.2, 0.25) is 0 Å². The SMILES string of the molecule is CCN(CC1CCC1)S(=O)(=O)c1ccc(C#N)cc1N. The number of hydrogen-bond acceptors (Lipinski definition) is 4. The standard InChI is InChI=1S/C14H19N3O2S/c1-2-17(10-11-4-3-5-11)20(18,19)14-7-6-12(9-15)8-13(14)16/h6-8,11H,2-5,10,16H2,1H3. The van der Waals surface area contributed by atoms with Crippen molar-refractivity contribution >= 4 is 15.7 Å². The zero-order chi connectivity index (χ0) is 14.8. The Morgan fingerprint density at radius 1 is 1.45 bits per heavy atom. The second-order valence-electron chi connectivity index (χ2n) is 5.12. The number of nitriles is 1. The Morgan fingerprint density at radius 2 is 2.15 bits per heavy atom. The monoisotopic (exact) mass is 293 g/mol. The first-order chi connectivity index (χ1) is 9.48. The van der Waals surface area contributed by atoms with Crippen molar-refractivity contribution in [2.75, 3.05) is 18.8 Å². The van der Waals surface area contributed by atoms with E-state index in [0.29, 0.717) is 24.6 Å². The average molecular weight is 293 g/mol. The van der Waals surface area contributed by atoms with E-state index in [1.807, 2.05) is 13.0 Å². The van der Waals surface area contributed by atoms with Gasteiger partial charge in [-0.25, -0.2) is 8.42 Å². The molecule has 5 nitrogen and oxygen atoms in total. The molecule has 1 aliphatic carbocycles. The molecule has 1 fully saturated rings. The molecule has 0 atom stereocenters. The lowest BCUT2D eigenvalue weighted by Gasteiger charge is -2.31. The smallest absolute Gasteiger partial charge is 0.245 e. The van der Waals surface area contributed by atoms with Crippen LogP contribution in [0.1, 0.15) is 31.7 Å². The minimum absolute atomic E-state index is 0.0951. The summed E-state index contributed by atoms with van der Waals surface area (Å²) in [4.78, 5) is 0.0951. The first kappa shape index (κ1) is 14.8. The molecule has 2 rings (SSSR count). The third kappa shape index (κ3) is 2.79. The molecule has 0 spiro atoms. The van der Waals surface area contributed by atoms with Crippen LogP contribution in [-0.4, -0.2) is 25.8 Å². The topological polar surface area (TPSA) is 87.2 Å². The predicted octanol–water partition coefficient (Wildman–Crippen LogP) is 1.95. The Labute approximate surface area is 120 Å². The summed E-state index contributed by atoms with van der Waals surface area (Å²) in [7, 11) is -3.58. The maximum absolute atomic E-state index is 12.6. The van der Waals surface area contributed by atoms with Crippen molar-refractivity contribution in [3.05, 3.63) is 23.8 Å². The van der Waals surface area contributed by atoms with Gasteiger partial charge in [0.25, 0.3) is 0 Å². The van der Waals surface area contributed by atoms with Gasteiger partial charge in [0.15, 0.2) is 0 Å². The summed E-state index contributed by atoms with van der Waals surface area (Å²) >= 11 is 0. The molecule has 0 unspecified atom stereocenters. The van der Waals surface area contributed by atoms with Crippen LogP contribution in [0, 0.1) is 17.2 Å². The van der Waals surface area contributed by atoms with E-state index in [4.69, 9.17) is 11.0 Å². The van der Waals surface area contributed by atoms with E-state index in [1.165, 1.54) is 28.9 Å². The fraction of sp³-hybridized carbons (Fsp3) is 0.500. The van der Waals surface area contributed by atoms with Gasteiger partial charge in [-0.3, -0.25) is 0 Å². The lowest BCUT2D eigenvalue weighted by atomic mass is 9.85. The van der Waals surface area contributed by atoms with Crippen molar-refractivity contribution < 1.29 is 8.42 Å². The molecule has 0 radical (unpaired) electrons. The quantitative estimate of drug-likeness (QED) is 0.841. The largest absolute Gasteiger partial charge is 0.398 e. The van der Waals surface area contributed by atoms with Crippen molar-refractivity contribution in [1.82, 2.24) is 4.31 Å². The summed E-state index contributed by atoms with van der Waals surface area (Å²) in [6, 6.07) is 6.27. The summed E-state index contributed by atoms with van der Waals surface area (Å²) in [6.45, 7) is 2.81. The summed E-state index contributed by atoms with van der Waals surface area (Å²) < 4.78 is 26.7. The fourth-order valence-electron chi connectivity index (χ4n) is 2.35. The van der Waals surface area contributed by atoms with Crippen LogP contribution in [0.4, 0.5) is 5.69 Å². The van der Waals surface area contributed by atoms with E-state index in [9.17, 15) is 8.42 Å². The van der Waals surface area contributed by atoms with Crippen LogP contribution in [0.3, 0.4) is 0 Å². The van der Waals surface area contributed by atoms with Gasteiger partial charge in [-0.15, -0.1) is 0 Å². The van der Waals surface area contributed by atoms with Crippen molar-refractivity contribution in [3.8, 4) is 6.07 Å². The second kappa shape index (κ2) is 5.81. The molecule has 0 amide bonds. The molecule has 1 saturated carbocycles. The van der Waals surface area contributed by atoms with E-state index in [2.05, 4.69) is 0 Å². The summed E-state index contributed by atoms with van der Waals surface area (Å²) in [5.74, 6) is 0.462. The number of nitrogen functional groups attached to an aromatic ring is 1. The molecular formula is C14H19N3O2S. The van der Waals surface area contributed by atoms with Gasteiger partial charge < -0.3 is 5.73 Å². The Bertz CT molecular complexity index is 630. The Balaban J connectivity index is 2.30. The number of rotatable bonds is 5. The molecule has 0 heterocycles. The average Bonchev–Trinajstić information content (AvgIpc) is 2.36. The zero-order valence-corrected chi connectivity index (χ0v) is 12.4. The van der Waals surface area contributed by atoms with Crippen LogP contribution in [0.5, 0.6) is 0 Å². The highest BCUT2D eigenvalue weighted by Crippen LogP contribution is 2.30. The Morgan fingerprint density at radius 3 is 2.60 bits per heavy atom. The van der Waals surface area contributed by atoms with Crippen LogP contribution in [-0.2, 0) is 10.0 Å². The van der Waals surface area contributed by atoms with Crippen molar-refractivity contribution in [1.29, 1.82) is 5.26 Å². The molecule has 1 aliphatic rings. The van der Waals surface area contributed by atoms with Crippen LogP contribution in [0.15, 0.2) is 23.1 Å². The molecule has 0 bridgehead atoms.